The lowest BCUT2D eigenvalue weighted by Crippen LogP contribution is -2.61. The molecule has 0 N–H and O–H groups in total. The Hall–Kier alpha value is -2.52. The zero-order valence-corrected chi connectivity index (χ0v) is 21.4. The predicted molar refractivity (Wildman–Crippen MR) is 122 cm³/mol. The van der Waals surface area contributed by atoms with Crippen molar-refractivity contribution in [1.29, 1.82) is 0 Å². The van der Waals surface area contributed by atoms with Gasteiger partial charge >= 0.3 is 22.6 Å². The minimum Gasteiger partial charge on any atom is -0.295 e. The summed E-state index contributed by atoms with van der Waals surface area (Å²) in [4.78, 5) is 15.0. The van der Waals surface area contributed by atoms with Gasteiger partial charge in [0.1, 0.15) is 0 Å². The second kappa shape index (κ2) is 10.2. The van der Waals surface area contributed by atoms with Crippen LogP contribution < -0.4 is 3.97 Å². The molecule has 2 fully saturated rings. The number of rotatable bonds is 7. The molecule has 0 unspecified atom stereocenters. The zero-order valence-electron chi connectivity index (χ0n) is 20.6. The van der Waals surface area contributed by atoms with Gasteiger partial charge in [-0.3, -0.25) is 9.69 Å². The van der Waals surface area contributed by atoms with Crippen molar-refractivity contribution in [3.63, 3.8) is 0 Å². The summed E-state index contributed by atoms with van der Waals surface area (Å²) in [6.07, 6.45) is -4.49. The number of carbonyl (C=O) groups excluding carboxylic acids is 1. The Morgan fingerprint density at radius 1 is 1.03 bits per heavy atom. The number of aryl methyl sites for hydroxylation is 1. The van der Waals surface area contributed by atoms with Crippen molar-refractivity contribution in [1.82, 2.24) is 19.0 Å². The summed E-state index contributed by atoms with van der Waals surface area (Å²) in [6.45, 7) is 1.14. The van der Waals surface area contributed by atoms with E-state index in [9.17, 15) is 39.6 Å². The molecule has 210 valence electrons. The molecule has 1 aliphatic heterocycles. The lowest BCUT2D eigenvalue weighted by Gasteiger charge is -2.45. The maximum absolute atomic E-state index is 13.6. The molecular formula is C23H28F6N5O3S+. The number of Topliss-reactive ketones (excluding diaryl/α,β-unsaturated/α-hetero) is 1. The van der Waals surface area contributed by atoms with Crippen molar-refractivity contribution in [3.8, 4) is 0 Å². The number of halogens is 6. The fraction of sp³-hybridized carbons (Fsp3) is 0.609. The van der Waals surface area contributed by atoms with Gasteiger partial charge in [-0.2, -0.15) is 39.1 Å². The van der Waals surface area contributed by atoms with Gasteiger partial charge in [0.25, 0.3) is 6.33 Å². The first-order valence-electron chi connectivity index (χ1n) is 12.1. The van der Waals surface area contributed by atoms with Crippen molar-refractivity contribution in [2.75, 3.05) is 26.2 Å². The van der Waals surface area contributed by atoms with Crippen LogP contribution in [0.5, 0.6) is 0 Å². The maximum Gasteiger partial charge on any atom is 0.417 e. The Morgan fingerprint density at radius 3 is 2.18 bits per heavy atom. The van der Waals surface area contributed by atoms with Crippen molar-refractivity contribution < 1.29 is 43.5 Å². The standard InChI is InChI=1S/C23H28F6N5O3S/c1-31-16-34(15-30-31)38(36,37)33-12-10-32(11-13-33)21(7-2-3-8-21)9-6-20(35)18-5-4-17(22(24,25)26)14-19(18)23(27,28)29/h4-5,14-16H,2-3,6-13H2,1H3/q+1. The lowest BCUT2D eigenvalue weighted by molar-refractivity contribution is -0.517. The summed E-state index contributed by atoms with van der Waals surface area (Å²) in [5.41, 5.74) is -4.32. The van der Waals surface area contributed by atoms with Crippen LogP contribution in [0.4, 0.5) is 26.3 Å². The molecule has 2 aromatic rings. The molecule has 15 heteroatoms. The van der Waals surface area contributed by atoms with Crippen LogP contribution in [0.2, 0.25) is 0 Å². The second-order valence-corrected chi connectivity index (χ2v) is 11.6. The Kier molecular flexibility index (Phi) is 7.67. The van der Waals surface area contributed by atoms with E-state index in [0.29, 0.717) is 38.1 Å². The topological polar surface area (TPSA) is 79.4 Å². The van der Waals surface area contributed by atoms with Crippen LogP contribution in [0.15, 0.2) is 30.9 Å². The average molecular weight is 569 g/mol. The van der Waals surface area contributed by atoms with Gasteiger partial charge in [-0.1, -0.05) is 18.9 Å². The summed E-state index contributed by atoms with van der Waals surface area (Å²) < 4.78 is 109. The SMILES string of the molecule is Cn1c[n+](S(=O)(=O)N2CCN(C3(CCC(=O)c4ccc(C(F)(F)F)cc4C(F)(F)F)CCCC3)CC2)cn1. The van der Waals surface area contributed by atoms with Gasteiger partial charge in [0.2, 0.25) is 6.33 Å². The number of carbonyl (C=O) groups is 1. The molecule has 0 amide bonds. The van der Waals surface area contributed by atoms with Gasteiger partial charge in [-0.25, -0.2) is 0 Å². The number of hydrogen-bond donors (Lipinski definition) is 0. The van der Waals surface area contributed by atoms with E-state index in [4.69, 9.17) is 0 Å². The highest BCUT2D eigenvalue weighted by Crippen LogP contribution is 2.41. The number of alkyl halides is 6. The molecule has 1 saturated heterocycles. The second-order valence-electron chi connectivity index (χ2n) is 9.75. The van der Waals surface area contributed by atoms with Crippen LogP contribution in [0.25, 0.3) is 0 Å². The van der Waals surface area contributed by atoms with Crippen LogP contribution in [0.1, 0.15) is 60.0 Å². The monoisotopic (exact) mass is 568 g/mol. The number of hydrogen-bond acceptors (Lipinski definition) is 5. The van der Waals surface area contributed by atoms with Crippen molar-refractivity contribution in [2.24, 2.45) is 7.05 Å². The van der Waals surface area contributed by atoms with Crippen molar-refractivity contribution >= 4 is 16.0 Å². The summed E-state index contributed by atoms with van der Waals surface area (Å²) in [5, 5.41) is 3.88. The van der Waals surface area contributed by atoms with Crippen LogP contribution in [-0.2, 0) is 29.6 Å². The van der Waals surface area contributed by atoms with Gasteiger partial charge in [0.05, 0.1) is 18.2 Å². The van der Waals surface area contributed by atoms with Crippen LogP contribution in [0, 0.1) is 0 Å². The smallest absolute Gasteiger partial charge is 0.295 e. The summed E-state index contributed by atoms with van der Waals surface area (Å²) >= 11 is 0. The number of nitrogens with zero attached hydrogens (tertiary/aromatic N) is 5. The Labute approximate surface area is 216 Å². The molecule has 0 atom stereocenters. The van der Waals surface area contributed by atoms with E-state index in [1.807, 2.05) is 0 Å². The zero-order chi connectivity index (χ0) is 27.9. The molecule has 0 radical (unpaired) electrons. The van der Waals surface area contributed by atoms with Gasteiger partial charge in [-0.15, -0.1) is 8.65 Å². The van der Waals surface area contributed by atoms with E-state index in [1.54, 1.807) is 7.05 Å². The number of ketones is 1. The first-order chi connectivity index (χ1) is 17.6. The minimum atomic E-state index is -5.12. The van der Waals surface area contributed by atoms with E-state index >= 15 is 0 Å². The maximum atomic E-state index is 13.6. The van der Waals surface area contributed by atoms with Crippen LogP contribution >= 0.6 is 0 Å². The molecule has 1 aromatic carbocycles. The fourth-order valence-electron chi connectivity index (χ4n) is 5.44. The number of aromatic nitrogens is 3. The van der Waals surface area contributed by atoms with Gasteiger partial charge < -0.3 is 0 Å². The quantitative estimate of drug-likeness (QED) is 0.291. The van der Waals surface area contributed by atoms with Crippen LogP contribution in [0.3, 0.4) is 0 Å². The van der Waals surface area contributed by atoms with Gasteiger partial charge in [0.15, 0.2) is 5.78 Å². The van der Waals surface area contributed by atoms with E-state index in [0.717, 1.165) is 16.8 Å². The third-order valence-corrected chi connectivity index (χ3v) is 9.17. The van der Waals surface area contributed by atoms with Crippen molar-refractivity contribution in [2.45, 2.75) is 56.4 Å². The van der Waals surface area contributed by atoms with Crippen molar-refractivity contribution in [3.05, 3.63) is 47.5 Å². The van der Waals surface area contributed by atoms with E-state index < -0.39 is 50.6 Å². The molecule has 2 heterocycles. The third-order valence-electron chi connectivity index (χ3n) is 7.44. The van der Waals surface area contributed by atoms with Crippen LogP contribution in [-0.4, -0.2) is 64.9 Å². The fourth-order valence-corrected chi connectivity index (χ4v) is 6.75. The summed E-state index contributed by atoms with van der Waals surface area (Å²) in [6, 6.07) is 1.08. The Bertz CT molecular complexity index is 1280. The molecule has 38 heavy (non-hydrogen) atoms. The van der Waals surface area contributed by atoms with E-state index in [1.165, 1.54) is 21.6 Å². The van der Waals surface area contributed by atoms with Gasteiger partial charge in [-0.05, 0) is 31.4 Å². The molecule has 2 aliphatic rings. The predicted octanol–water partition coefficient (Wildman–Crippen LogP) is 3.43. The Balaban J connectivity index is 1.47. The Morgan fingerprint density at radius 2 is 1.66 bits per heavy atom. The van der Waals surface area contributed by atoms with E-state index in [2.05, 4.69) is 10.00 Å². The molecular weight excluding hydrogens is 540 g/mol. The highest BCUT2D eigenvalue weighted by atomic mass is 32.2. The number of benzene rings is 1. The minimum absolute atomic E-state index is 0.0154. The van der Waals surface area contributed by atoms with Gasteiger partial charge in [0, 0.05) is 48.8 Å². The summed E-state index contributed by atoms with van der Waals surface area (Å²) in [7, 11) is -2.21. The average Bonchev–Trinajstić information content (AvgIpc) is 3.51. The highest BCUT2D eigenvalue weighted by molar-refractivity contribution is 7.82. The molecule has 8 nitrogen and oxygen atoms in total. The number of piperazine rings is 1. The molecule has 1 aliphatic carbocycles. The molecule has 0 bridgehead atoms. The summed E-state index contributed by atoms with van der Waals surface area (Å²) in [5.74, 6) is -0.869. The molecule has 1 aromatic heterocycles. The lowest BCUT2D eigenvalue weighted by atomic mass is 9.86. The first kappa shape index (κ1) is 28.5. The third kappa shape index (κ3) is 5.73. The highest BCUT2D eigenvalue weighted by Gasteiger charge is 2.44. The largest absolute Gasteiger partial charge is 0.417 e. The van der Waals surface area contributed by atoms with E-state index in [-0.39, 0.29) is 32.0 Å². The molecule has 0 spiro atoms. The first-order valence-corrected chi connectivity index (χ1v) is 13.5. The normalized spacial score (nSPS) is 19.7. The molecule has 1 saturated carbocycles. The molecule has 4 rings (SSSR count).